The van der Waals surface area contributed by atoms with E-state index in [2.05, 4.69) is 25.3 Å². The van der Waals surface area contributed by atoms with Crippen LogP contribution in [-0.2, 0) is 6.61 Å². The van der Waals surface area contributed by atoms with Gasteiger partial charge >= 0.3 is 6.36 Å². The first-order chi connectivity index (χ1) is 18.0. The van der Waals surface area contributed by atoms with E-state index >= 15 is 0 Å². The van der Waals surface area contributed by atoms with Crippen LogP contribution in [0.3, 0.4) is 0 Å². The highest BCUT2D eigenvalue weighted by atomic mass is 19.4. The molecule has 0 fully saturated rings. The molecule has 3 N–H and O–H groups in total. The van der Waals surface area contributed by atoms with Crippen molar-refractivity contribution < 1.29 is 32.2 Å². The Morgan fingerprint density at radius 1 is 0.974 bits per heavy atom. The summed E-state index contributed by atoms with van der Waals surface area (Å²) in [5.41, 5.74) is 3.59. The van der Waals surface area contributed by atoms with Gasteiger partial charge in [-0.25, -0.2) is 14.4 Å². The fraction of sp³-hybridized carbons (Fsp3) is 0.148. The molecule has 0 radical (unpaired) electrons. The Balaban J connectivity index is 1.51. The predicted molar refractivity (Wildman–Crippen MR) is 134 cm³/mol. The van der Waals surface area contributed by atoms with Crippen LogP contribution in [0.2, 0.25) is 0 Å². The number of rotatable bonds is 7. The zero-order chi connectivity index (χ0) is 27.4. The molecule has 0 aliphatic carbocycles. The topological polar surface area (TPSA) is 96.4 Å². The van der Waals surface area contributed by atoms with Crippen LogP contribution in [0, 0.1) is 19.7 Å². The average Bonchev–Trinajstić information content (AvgIpc) is 2.87. The number of aryl methyl sites for hydroxylation is 2. The molecule has 7 nitrogen and oxygen atoms in total. The zero-order valence-electron chi connectivity index (χ0n) is 20.2. The highest BCUT2D eigenvalue weighted by Gasteiger charge is 2.31. The Labute approximate surface area is 215 Å². The molecule has 0 bridgehead atoms. The molecular formula is C27H22F4N4O3. The van der Waals surface area contributed by atoms with Crippen LogP contribution >= 0.6 is 0 Å². The van der Waals surface area contributed by atoms with Gasteiger partial charge < -0.3 is 20.5 Å². The molecule has 0 aliphatic rings. The lowest BCUT2D eigenvalue weighted by molar-refractivity contribution is -0.274. The monoisotopic (exact) mass is 526 g/mol. The molecule has 0 aliphatic heterocycles. The van der Waals surface area contributed by atoms with Crippen molar-refractivity contribution >= 4 is 23.2 Å². The number of amides is 1. The normalized spacial score (nSPS) is 11.2. The number of alkyl halides is 3. The van der Waals surface area contributed by atoms with Crippen LogP contribution in [0.25, 0.3) is 11.3 Å². The fourth-order valence-corrected chi connectivity index (χ4v) is 3.58. The van der Waals surface area contributed by atoms with E-state index in [1.54, 1.807) is 32.0 Å². The highest BCUT2D eigenvalue weighted by molar-refractivity contribution is 6.05. The summed E-state index contributed by atoms with van der Waals surface area (Å²) in [6, 6.07) is 14.2. The number of carbonyl (C=O) groups excluding carboxylic acids is 1. The molecule has 0 unspecified atom stereocenters. The van der Waals surface area contributed by atoms with Crippen LogP contribution < -0.4 is 15.4 Å². The molecule has 1 amide bonds. The summed E-state index contributed by atoms with van der Waals surface area (Å²) in [6.07, 6.45) is -3.30. The van der Waals surface area contributed by atoms with Crippen LogP contribution in [0.1, 0.15) is 27.0 Å². The minimum atomic E-state index is -4.80. The second-order valence-corrected chi connectivity index (χ2v) is 8.38. The number of aliphatic hydroxyl groups is 1. The number of ether oxygens (including phenoxy) is 1. The summed E-state index contributed by atoms with van der Waals surface area (Å²) in [5, 5.41) is 14.8. The SMILES string of the molecule is Cc1ccc(CO)cc1NC(=O)c1ccc(Nc2ncc(C)c(-c3ccc(OC(F)(F)F)cc3)n2)c(F)c1. The third kappa shape index (κ3) is 6.43. The number of halogens is 4. The minimum Gasteiger partial charge on any atom is -0.406 e. The lowest BCUT2D eigenvalue weighted by Gasteiger charge is -2.13. The Morgan fingerprint density at radius 2 is 1.71 bits per heavy atom. The number of benzene rings is 3. The number of carbonyl (C=O) groups is 1. The summed E-state index contributed by atoms with van der Waals surface area (Å²) in [6.45, 7) is 3.34. The van der Waals surface area contributed by atoms with Gasteiger partial charge in [0.1, 0.15) is 11.6 Å². The molecule has 196 valence electrons. The van der Waals surface area contributed by atoms with Crippen molar-refractivity contribution in [3.05, 3.63) is 94.9 Å². The first-order valence-corrected chi connectivity index (χ1v) is 11.3. The molecule has 3 aromatic carbocycles. The van der Waals surface area contributed by atoms with Crippen LogP contribution in [0.5, 0.6) is 5.75 Å². The summed E-state index contributed by atoms with van der Waals surface area (Å²) < 4.78 is 56.0. The second kappa shape index (κ2) is 10.9. The van der Waals surface area contributed by atoms with E-state index in [1.807, 2.05) is 0 Å². The van der Waals surface area contributed by atoms with E-state index in [0.29, 0.717) is 28.1 Å². The number of nitrogens with zero attached hydrogens (tertiary/aromatic N) is 2. The van der Waals surface area contributed by atoms with E-state index in [-0.39, 0.29) is 29.6 Å². The quantitative estimate of drug-likeness (QED) is 0.245. The van der Waals surface area contributed by atoms with Gasteiger partial charge in [0.25, 0.3) is 5.91 Å². The molecule has 0 saturated heterocycles. The number of hydrogen-bond acceptors (Lipinski definition) is 6. The maximum absolute atomic E-state index is 14.9. The predicted octanol–water partition coefficient (Wildman–Crippen LogP) is 6.29. The molecule has 11 heteroatoms. The Hall–Kier alpha value is -4.51. The molecule has 1 aromatic heterocycles. The zero-order valence-corrected chi connectivity index (χ0v) is 20.2. The van der Waals surface area contributed by atoms with Crippen molar-refractivity contribution in [1.82, 2.24) is 9.97 Å². The molecule has 38 heavy (non-hydrogen) atoms. The van der Waals surface area contributed by atoms with Crippen LogP contribution in [-0.4, -0.2) is 27.3 Å². The summed E-state index contributed by atoms with van der Waals surface area (Å²) in [4.78, 5) is 21.2. The molecule has 0 atom stereocenters. The van der Waals surface area contributed by atoms with Crippen molar-refractivity contribution in [2.75, 3.05) is 10.6 Å². The Kier molecular flexibility index (Phi) is 7.58. The second-order valence-electron chi connectivity index (χ2n) is 8.38. The maximum Gasteiger partial charge on any atom is 0.573 e. The van der Waals surface area contributed by atoms with Crippen LogP contribution in [0.15, 0.2) is 66.9 Å². The third-order valence-corrected chi connectivity index (χ3v) is 5.54. The van der Waals surface area contributed by atoms with Crippen molar-refractivity contribution in [2.24, 2.45) is 0 Å². The van der Waals surface area contributed by atoms with Crippen molar-refractivity contribution in [1.29, 1.82) is 0 Å². The van der Waals surface area contributed by atoms with Gasteiger partial charge in [-0.15, -0.1) is 13.2 Å². The number of aromatic nitrogens is 2. The van der Waals surface area contributed by atoms with E-state index < -0.39 is 18.1 Å². The van der Waals surface area contributed by atoms with Gasteiger partial charge in [-0.05, 0) is 79.1 Å². The Bertz CT molecular complexity index is 1470. The van der Waals surface area contributed by atoms with Crippen molar-refractivity contribution in [3.63, 3.8) is 0 Å². The van der Waals surface area contributed by atoms with E-state index in [0.717, 1.165) is 11.6 Å². The summed E-state index contributed by atoms with van der Waals surface area (Å²) >= 11 is 0. The van der Waals surface area contributed by atoms with Gasteiger partial charge in [-0.3, -0.25) is 4.79 Å². The van der Waals surface area contributed by atoms with Gasteiger partial charge in [-0.2, -0.15) is 0 Å². The number of hydrogen-bond donors (Lipinski definition) is 3. The van der Waals surface area contributed by atoms with E-state index in [9.17, 15) is 27.5 Å². The lowest BCUT2D eigenvalue weighted by atomic mass is 10.1. The van der Waals surface area contributed by atoms with Gasteiger partial charge in [0.05, 0.1) is 18.0 Å². The van der Waals surface area contributed by atoms with Gasteiger partial charge in [0.15, 0.2) is 0 Å². The molecular weight excluding hydrogens is 504 g/mol. The van der Waals surface area contributed by atoms with Crippen molar-refractivity contribution in [2.45, 2.75) is 26.8 Å². The first kappa shape index (κ1) is 26.6. The molecule has 4 rings (SSSR count). The molecule has 0 saturated carbocycles. The molecule has 1 heterocycles. The lowest BCUT2D eigenvalue weighted by Crippen LogP contribution is -2.16. The minimum absolute atomic E-state index is 0.0173. The standard InChI is InChI=1S/C27H22F4N4O3/c1-15-3-4-17(14-36)11-23(15)33-25(37)19-7-10-22(21(28)12-19)34-26-32-13-16(2)24(35-26)18-5-8-20(9-6-18)38-27(29,30)31/h3-13,36H,14H2,1-2H3,(H,33,37)(H,32,34,35). The fourth-order valence-electron chi connectivity index (χ4n) is 3.58. The largest absolute Gasteiger partial charge is 0.573 e. The molecule has 4 aromatic rings. The smallest absolute Gasteiger partial charge is 0.406 e. The van der Waals surface area contributed by atoms with Gasteiger partial charge in [-0.1, -0.05) is 12.1 Å². The average molecular weight is 526 g/mol. The summed E-state index contributed by atoms with van der Waals surface area (Å²) in [7, 11) is 0. The van der Waals surface area contributed by atoms with Crippen LogP contribution in [0.4, 0.5) is 34.9 Å². The van der Waals surface area contributed by atoms with Gasteiger partial charge in [0, 0.05) is 23.0 Å². The number of nitrogens with one attached hydrogen (secondary N) is 2. The van der Waals surface area contributed by atoms with E-state index in [4.69, 9.17) is 0 Å². The summed E-state index contributed by atoms with van der Waals surface area (Å²) in [5.74, 6) is -1.57. The van der Waals surface area contributed by atoms with E-state index in [1.165, 1.54) is 42.6 Å². The third-order valence-electron chi connectivity index (χ3n) is 5.54. The number of anilines is 3. The maximum atomic E-state index is 14.9. The number of aliphatic hydroxyl groups excluding tert-OH is 1. The first-order valence-electron chi connectivity index (χ1n) is 11.3. The Morgan fingerprint density at radius 3 is 2.37 bits per heavy atom. The van der Waals surface area contributed by atoms with Gasteiger partial charge in [0.2, 0.25) is 5.95 Å². The highest BCUT2D eigenvalue weighted by Crippen LogP contribution is 2.28. The molecule has 0 spiro atoms. The van der Waals surface area contributed by atoms with Crippen molar-refractivity contribution in [3.8, 4) is 17.0 Å².